The van der Waals surface area contributed by atoms with Crippen molar-refractivity contribution in [2.45, 2.75) is 6.04 Å². The van der Waals surface area contributed by atoms with Gasteiger partial charge in [-0.3, -0.25) is 4.79 Å². The lowest BCUT2D eigenvalue weighted by Gasteiger charge is -2.07. The van der Waals surface area contributed by atoms with Crippen LogP contribution in [0.3, 0.4) is 0 Å². The Kier molecular flexibility index (Phi) is 2.51. The summed E-state index contributed by atoms with van der Waals surface area (Å²) < 4.78 is 0. The van der Waals surface area contributed by atoms with Crippen LogP contribution in [0.4, 0.5) is 0 Å². The van der Waals surface area contributed by atoms with E-state index >= 15 is 0 Å². The lowest BCUT2D eigenvalue weighted by Crippen LogP contribution is -2.43. The SMILES string of the molecule is NC(=O)C(N)C(N)=C(N)N. The highest BCUT2D eigenvalue weighted by molar-refractivity contribution is 5.82. The molecule has 0 rings (SSSR count). The van der Waals surface area contributed by atoms with Crippen molar-refractivity contribution >= 4 is 5.91 Å². The summed E-state index contributed by atoms with van der Waals surface area (Å²) in [5, 5.41) is 0. The van der Waals surface area contributed by atoms with Crippen LogP contribution in [0.25, 0.3) is 0 Å². The maximum Gasteiger partial charge on any atom is 0.240 e. The molecule has 0 aromatic carbocycles. The van der Waals surface area contributed by atoms with Gasteiger partial charge in [0.1, 0.15) is 11.9 Å². The van der Waals surface area contributed by atoms with Gasteiger partial charge in [-0.15, -0.1) is 0 Å². The van der Waals surface area contributed by atoms with E-state index in [4.69, 9.17) is 28.7 Å². The van der Waals surface area contributed by atoms with E-state index in [9.17, 15) is 4.79 Å². The van der Waals surface area contributed by atoms with Crippen molar-refractivity contribution in [3.05, 3.63) is 11.5 Å². The quantitative estimate of drug-likeness (QED) is 0.278. The fourth-order valence-electron chi connectivity index (χ4n) is 0.333. The van der Waals surface area contributed by atoms with Gasteiger partial charge in [-0.25, -0.2) is 0 Å². The molecule has 0 aliphatic rings. The predicted molar refractivity (Wildman–Crippen MR) is 36.8 cm³/mol. The van der Waals surface area contributed by atoms with Gasteiger partial charge < -0.3 is 28.7 Å². The van der Waals surface area contributed by atoms with E-state index in [1.165, 1.54) is 0 Å². The van der Waals surface area contributed by atoms with Crippen molar-refractivity contribution in [2.75, 3.05) is 0 Å². The second-order valence-electron chi connectivity index (χ2n) is 1.79. The zero-order valence-corrected chi connectivity index (χ0v) is 5.37. The van der Waals surface area contributed by atoms with Crippen LogP contribution in [-0.2, 0) is 4.79 Å². The normalized spacial score (nSPS) is 12.1. The average Bonchev–Trinajstić information content (AvgIpc) is 1.84. The topological polar surface area (TPSA) is 147 Å². The molecular weight excluding hydrogens is 134 g/mol. The van der Waals surface area contributed by atoms with Crippen LogP contribution in [0.2, 0.25) is 0 Å². The van der Waals surface area contributed by atoms with Gasteiger partial charge in [-0.1, -0.05) is 0 Å². The van der Waals surface area contributed by atoms with Crippen molar-refractivity contribution < 1.29 is 4.79 Å². The molecule has 6 nitrogen and oxygen atoms in total. The lowest BCUT2D eigenvalue weighted by atomic mass is 10.2. The maximum atomic E-state index is 10.3. The van der Waals surface area contributed by atoms with Crippen LogP contribution >= 0.6 is 0 Å². The van der Waals surface area contributed by atoms with Gasteiger partial charge in [0.15, 0.2) is 0 Å². The summed E-state index contributed by atoms with van der Waals surface area (Å²) in [5.74, 6) is -0.933. The highest BCUT2D eigenvalue weighted by Gasteiger charge is 2.13. The Bertz CT molecular complexity index is 170. The van der Waals surface area contributed by atoms with Gasteiger partial charge in [0, 0.05) is 0 Å². The van der Waals surface area contributed by atoms with Crippen molar-refractivity contribution in [1.29, 1.82) is 0 Å². The molecule has 1 unspecified atom stereocenters. The van der Waals surface area contributed by atoms with Crippen LogP contribution in [0.15, 0.2) is 11.5 Å². The molecule has 0 aromatic heterocycles. The van der Waals surface area contributed by atoms with Crippen LogP contribution < -0.4 is 28.7 Å². The zero-order chi connectivity index (χ0) is 8.31. The van der Waals surface area contributed by atoms with Gasteiger partial charge in [-0.2, -0.15) is 0 Å². The Labute approximate surface area is 58.0 Å². The molecule has 0 heterocycles. The molecule has 10 heavy (non-hydrogen) atoms. The average molecular weight is 145 g/mol. The number of amides is 1. The van der Waals surface area contributed by atoms with E-state index in [0.717, 1.165) is 0 Å². The van der Waals surface area contributed by atoms with Crippen molar-refractivity contribution in [2.24, 2.45) is 28.7 Å². The summed E-state index contributed by atoms with van der Waals surface area (Å²) in [7, 11) is 0. The number of carbonyl (C=O) groups excluding carboxylic acids is 1. The van der Waals surface area contributed by atoms with Crippen LogP contribution in [-0.4, -0.2) is 11.9 Å². The van der Waals surface area contributed by atoms with Crippen molar-refractivity contribution in [3.63, 3.8) is 0 Å². The van der Waals surface area contributed by atoms with Gasteiger partial charge in [0.2, 0.25) is 5.91 Å². The Balaban J connectivity index is 4.37. The molecule has 6 heteroatoms. The molecule has 1 amide bonds. The monoisotopic (exact) mass is 145 g/mol. The largest absolute Gasteiger partial charge is 0.397 e. The third kappa shape index (κ3) is 1.82. The second kappa shape index (κ2) is 2.92. The second-order valence-corrected chi connectivity index (χ2v) is 1.79. The number of nitrogens with two attached hydrogens (primary N) is 5. The van der Waals surface area contributed by atoms with Gasteiger partial charge >= 0.3 is 0 Å². The molecule has 0 fully saturated rings. The molecule has 0 radical (unpaired) electrons. The number of carbonyl (C=O) groups is 1. The Morgan fingerprint density at radius 2 is 1.50 bits per heavy atom. The highest BCUT2D eigenvalue weighted by atomic mass is 16.1. The first-order valence-electron chi connectivity index (χ1n) is 2.52. The molecule has 10 N–H and O–H groups in total. The van der Waals surface area contributed by atoms with Crippen LogP contribution in [0.1, 0.15) is 0 Å². The summed E-state index contributed by atoms with van der Waals surface area (Å²) in [6, 6.07) is -1.09. The van der Waals surface area contributed by atoms with E-state index < -0.39 is 11.9 Å². The first-order chi connectivity index (χ1) is 4.46. The van der Waals surface area contributed by atoms with Crippen LogP contribution in [0.5, 0.6) is 0 Å². The number of hydrogen-bond donors (Lipinski definition) is 5. The molecule has 0 bridgehead atoms. The first kappa shape index (κ1) is 8.57. The summed E-state index contributed by atoms with van der Waals surface area (Å²) in [5.41, 5.74) is 25.0. The van der Waals surface area contributed by atoms with E-state index in [1.54, 1.807) is 0 Å². The van der Waals surface area contributed by atoms with E-state index in [-0.39, 0.29) is 11.5 Å². The molecule has 0 aliphatic heterocycles. The Morgan fingerprint density at radius 3 is 1.60 bits per heavy atom. The molecule has 0 aromatic rings. The van der Waals surface area contributed by atoms with Gasteiger partial charge in [-0.05, 0) is 0 Å². The maximum absolute atomic E-state index is 10.3. The third-order valence-electron chi connectivity index (χ3n) is 0.975. The Hall–Kier alpha value is -1.43. The fraction of sp³-hybridized carbons (Fsp3) is 0.250. The van der Waals surface area contributed by atoms with E-state index in [0.29, 0.717) is 0 Å². The summed E-state index contributed by atoms with van der Waals surface area (Å²) >= 11 is 0. The minimum atomic E-state index is -1.09. The predicted octanol–water partition coefficient (Wildman–Crippen LogP) is -3.16. The van der Waals surface area contributed by atoms with Gasteiger partial charge in [0.25, 0.3) is 0 Å². The number of hydrogen-bond acceptors (Lipinski definition) is 5. The van der Waals surface area contributed by atoms with Crippen molar-refractivity contribution in [3.8, 4) is 0 Å². The van der Waals surface area contributed by atoms with Gasteiger partial charge in [0.05, 0.1) is 5.70 Å². The standard InChI is InChI=1S/C4H11N5O/c5-1(3(7)8)2(6)4(9)10/h2H,5-8H2,(H2,9,10). The molecule has 0 spiro atoms. The zero-order valence-electron chi connectivity index (χ0n) is 5.37. The molecular formula is C4H11N5O. The third-order valence-corrected chi connectivity index (χ3v) is 0.975. The van der Waals surface area contributed by atoms with E-state index in [1.807, 2.05) is 0 Å². The molecule has 0 aliphatic carbocycles. The molecule has 1 atom stereocenters. The number of rotatable bonds is 2. The smallest absolute Gasteiger partial charge is 0.240 e. The summed E-state index contributed by atoms with van der Waals surface area (Å²) in [6.07, 6.45) is 0. The lowest BCUT2D eigenvalue weighted by molar-refractivity contribution is -0.118. The molecule has 0 saturated carbocycles. The molecule has 58 valence electrons. The Morgan fingerprint density at radius 1 is 1.10 bits per heavy atom. The summed E-state index contributed by atoms with van der Waals surface area (Å²) in [4.78, 5) is 10.3. The molecule has 0 saturated heterocycles. The van der Waals surface area contributed by atoms with Crippen molar-refractivity contribution in [1.82, 2.24) is 0 Å². The minimum absolute atomic E-state index is 0.0903. The number of primary amides is 1. The summed E-state index contributed by atoms with van der Waals surface area (Å²) in [6.45, 7) is 0. The first-order valence-corrected chi connectivity index (χ1v) is 2.52. The fourth-order valence-corrected chi connectivity index (χ4v) is 0.333. The van der Waals surface area contributed by atoms with Crippen LogP contribution in [0, 0.1) is 0 Å². The minimum Gasteiger partial charge on any atom is -0.397 e. The van der Waals surface area contributed by atoms with E-state index in [2.05, 4.69) is 0 Å². The highest BCUT2D eigenvalue weighted by Crippen LogP contribution is 1.89.